The topological polar surface area (TPSA) is 40.5 Å². The molecule has 3 nitrogen and oxygen atoms in total. The van der Waals surface area contributed by atoms with Crippen molar-refractivity contribution in [1.29, 1.82) is 0 Å². The summed E-state index contributed by atoms with van der Waals surface area (Å²) in [5.41, 5.74) is 2.11. The zero-order valence-corrected chi connectivity index (χ0v) is 11.1. The van der Waals surface area contributed by atoms with Crippen LogP contribution in [0.4, 0.5) is 5.69 Å². The van der Waals surface area contributed by atoms with Crippen molar-refractivity contribution in [3.63, 3.8) is 0 Å². The number of carboxylic acids is 1. The summed E-state index contributed by atoms with van der Waals surface area (Å²) in [5.74, 6) is -0.919. The molecule has 0 spiro atoms. The summed E-state index contributed by atoms with van der Waals surface area (Å²) >= 11 is 0. The van der Waals surface area contributed by atoms with Crippen LogP contribution in [0.1, 0.15) is 32.3 Å². The van der Waals surface area contributed by atoms with Gasteiger partial charge in [-0.25, -0.2) is 4.79 Å². The lowest BCUT2D eigenvalue weighted by molar-refractivity contribution is -0.131. The molecule has 1 N–H and O–H groups in total. The van der Waals surface area contributed by atoms with Gasteiger partial charge in [-0.15, -0.1) is 0 Å². The Morgan fingerprint density at radius 2 is 1.72 bits per heavy atom. The second-order valence-corrected chi connectivity index (χ2v) is 4.25. The maximum absolute atomic E-state index is 10.4. The summed E-state index contributed by atoms with van der Waals surface area (Å²) in [4.78, 5) is 12.8. The molecule has 1 rings (SSSR count). The third-order valence-electron chi connectivity index (χ3n) is 2.66. The molecule has 3 heteroatoms. The van der Waals surface area contributed by atoms with E-state index in [1.165, 1.54) is 5.69 Å². The molecular weight excluding hydrogens is 226 g/mol. The van der Waals surface area contributed by atoms with Crippen molar-refractivity contribution in [1.82, 2.24) is 0 Å². The van der Waals surface area contributed by atoms with Gasteiger partial charge in [0.15, 0.2) is 0 Å². The zero-order chi connectivity index (χ0) is 13.4. The van der Waals surface area contributed by atoms with Crippen molar-refractivity contribution in [3.8, 4) is 0 Å². The normalized spacial score (nSPS) is 10.8. The van der Waals surface area contributed by atoms with E-state index in [2.05, 4.69) is 18.7 Å². The van der Waals surface area contributed by atoms with Crippen LogP contribution in [-0.2, 0) is 4.79 Å². The van der Waals surface area contributed by atoms with Crippen LogP contribution in [0.25, 0.3) is 6.08 Å². The van der Waals surface area contributed by atoms with Gasteiger partial charge in [0.05, 0.1) is 0 Å². The Morgan fingerprint density at radius 3 is 2.17 bits per heavy atom. The minimum atomic E-state index is -0.919. The summed E-state index contributed by atoms with van der Waals surface area (Å²) < 4.78 is 0. The van der Waals surface area contributed by atoms with Gasteiger partial charge in [0, 0.05) is 24.9 Å². The quantitative estimate of drug-likeness (QED) is 0.751. The van der Waals surface area contributed by atoms with Crippen molar-refractivity contribution in [2.24, 2.45) is 0 Å². The highest BCUT2D eigenvalue weighted by atomic mass is 16.4. The highest BCUT2D eigenvalue weighted by molar-refractivity contribution is 5.85. The first-order valence-electron chi connectivity index (χ1n) is 6.43. The van der Waals surface area contributed by atoms with E-state index in [1.807, 2.05) is 24.3 Å². The maximum Gasteiger partial charge on any atom is 0.328 e. The van der Waals surface area contributed by atoms with Crippen molar-refractivity contribution < 1.29 is 9.90 Å². The van der Waals surface area contributed by atoms with Gasteiger partial charge in [-0.1, -0.05) is 26.0 Å². The van der Waals surface area contributed by atoms with Crippen molar-refractivity contribution in [3.05, 3.63) is 35.9 Å². The second-order valence-electron chi connectivity index (χ2n) is 4.25. The molecule has 0 heterocycles. The molecule has 1 aromatic rings. The van der Waals surface area contributed by atoms with Crippen LogP contribution in [0.3, 0.4) is 0 Å². The van der Waals surface area contributed by atoms with Crippen molar-refractivity contribution in [2.45, 2.75) is 26.7 Å². The van der Waals surface area contributed by atoms with E-state index in [9.17, 15) is 4.79 Å². The van der Waals surface area contributed by atoms with Crippen LogP contribution in [-0.4, -0.2) is 24.2 Å². The lowest BCUT2D eigenvalue weighted by Gasteiger charge is -2.23. The smallest absolute Gasteiger partial charge is 0.328 e. The van der Waals surface area contributed by atoms with Crippen LogP contribution in [0.15, 0.2) is 30.3 Å². The number of carboxylic acid groups (broad SMARTS) is 1. The van der Waals surface area contributed by atoms with Gasteiger partial charge in [-0.05, 0) is 36.6 Å². The molecule has 98 valence electrons. The SMILES string of the molecule is CCCN(CCC)c1ccc(/C=C/C(=O)O)cc1. The first-order valence-corrected chi connectivity index (χ1v) is 6.43. The molecule has 0 saturated heterocycles. The fourth-order valence-electron chi connectivity index (χ4n) is 1.87. The molecule has 0 unspecified atom stereocenters. The van der Waals surface area contributed by atoms with Gasteiger partial charge in [-0.3, -0.25) is 0 Å². The molecule has 0 fully saturated rings. The number of nitrogens with zero attached hydrogens (tertiary/aromatic N) is 1. The zero-order valence-electron chi connectivity index (χ0n) is 11.1. The Kier molecular flexibility index (Phi) is 5.98. The van der Waals surface area contributed by atoms with Crippen molar-refractivity contribution >= 4 is 17.7 Å². The van der Waals surface area contributed by atoms with Gasteiger partial charge < -0.3 is 10.0 Å². The molecule has 0 atom stereocenters. The fraction of sp³-hybridized carbons (Fsp3) is 0.400. The van der Waals surface area contributed by atoms with Crippen LogP contribution in [0, 0.1) is 0 Å². The first-order chi connectivity index (χ1) is 8.67. The summed E-state index contributed by atoms with van der Waals surface area (Å²) in [6, 6.07) is 8.00. The number of anilines is 1. The van der Waals surface area contributed by atoms with E-state index in [0.29, 0.717) is 0 Å². The van der Waals surface area contributed by atoms with Crippen LogP contribution < -0.4 is 4.90 Å². The minimum Gasteiger partial charge on any atom is -0.478 e. The Bertz CT molecular complexity index is 389. The maximum atomic E-state index is 10.4. The van der Waals surface area contributed by atoms with Gasteiger partial charge in [0.25, 0.3) is 0 Å². The average Bonchev–Trinajstić information content (AvgIpc) is 2.37. The molecule has 0 radical (unpaired) electrons. The van der Waals surface area contributed by atoms with E-state index in [1.54, 1.807) is 6.08 Å². The Morgan fingerprint density at radius 1 is 1.17 bits per heavy atom. The predicted molar refractivity (Wildman–Crippen MR) is 75.9 cm³/mol. The summed E-state index contributed by atoms with van der Waals surface area (Å²) in [6.07, 6.45) is 5.02. The lowest BCUT2D eigenvalue weighted by Crippen LogP contribution is -2.24. The molecule has 0 amide bonds. The van der Waals surface area contributed by atoms with Crippen LogP contribution in [0.5, 0.6) is 0 Å². The largest absolute Gasteiger partial charge is 0.478 e. The number of hydrogen-bond donors (Lipinski definition) is 1. The summed E-state index contributed by atoms with van der Waals surface area (Å²) in [6.45, 7) is 6.45. The third kappa shape index (κ3) is 4.62. The Labute approximate surface area is 109 Å². The summed E-state index contributed by atoms with van der Waals surface area (Å²) in [7, 11) is 0. The predicted octanol–water partition coefficient (Wildman–Crippen LogP) is 3.41. The lowest BCUT2D eigenvalue weighted by atomic mass is 10.1. The molecule has 18 heavy (non-hydrogen) atoms. The number of aliphatic carboxylic acids is 1. The molecule has 1 aromatic carbocycles. The van der Waals surface area contributed by atoms with E-state index >= 15 is 0 Å². The van der Waals surface area contributed by atoms with Gasteiger partial charge in [0.1, 0.15) is 0 Å². The van der Waals surface area contributed by atoms with E-state index < -0.39 is 5.97 Å². The molecule has 0 aromatic heterocycles. The third-order valence-corrected chi connectivity index (χ3v) is 2.66. The number of carbonyl (C=O) groups is 1. The van der Waals surface area contributed by atoms with E-state index in [-0.39, 0.29) is 0 Å². The van der Waals surface area contributed by atoms with Gasteiger partial charge in [0.2, 0.25) is 0 Å². The number of rotatable bonds is 7. The standard InChI is InChI=1S/C15H21NO2/c1-3-11-16(12-4-2)14-8-5-13(6-9-14)7-10-15(17)18/h5-10H,3-4,11-12H2,1-2H3,(H,17,18)/b10-7+. The van der Waals surface area contributed by atoms with Gasteiger partial charge >= 0.3 is 5.97 Å². The molecule has 0 saturated carbocycles. The first kappa shape index (κ1) is 14.3. The number of hydrogen-bond acceptors (Lipinski definition) is 2. The fourth-order valence-corrected chi connectivity index (χ4v) is 1.87. The average molecular weight is 247 g/mol. The van der Waals surface area contributed by atoms with Crippen molar-refractivity contribution in [2.75, 3.05) is 18.0 Å². The monoisotopic (exact) mass is 247 g/mol. The second kappa shape index (κ2) is 7.54. The van der Waals surface area contributed by atoms with Crippen LogP contribution in [0.2, 0.25) is 0 Å². The highest BCUT2D eigenvalue weighted by Crippen LogP contribution is 2.16. The number of benzene rings is 1. The Balaban J connectivity index is 2.76. The Hall–Kier alpha value is -1.77. The van der Waals surface area contributed by atoms with Crippen LogP contribution >= 0.6 is 0 Å². The molecule has 0 aliphatic heterocycles. The van der Waals surface area contributed by atoms with E-state index in [4.69, 9.17) is 5.11 Å². The molecule has 0 aliphatic rings. The summed E-state index contributed by atoms with van der Waals surface area (Å²) in [5, 5.41) is 8.56. The molecule has 0 bridgehead atoms. The molecule has 0 aliphatic carbocycles. The van der Waals surface area contributed by atoms with E-state index in [0.717, 1.165) is 37.6 Å². The minimum absolute atomic E-state index is 0.911. The molecular formula is C15H21NO2. The van der Waals surface area contributed by atoms with Gasteiger partial charge in [-0.2, -0.15) is 0 Å². The highest BCUT2D eigenvalue weighted by Gasteiger charge is 2.03.